The molecule has 138 valence electrons. The Balaban J connectivity index is 1.97. The van der Waals surface area contributed by atoms with Crippen LogP contribution in [0, 0.1) is 13.7 Å². The Bertz CT molecular complexity index is 981. The van der Waals surface area contributed by atoms with Gasteiger partial charge in [0.25, 0.3) is 11.6 Å². The van der Waals surface area contributed by atoms with Crippen LogP contribution in [-0.2, 0) is 4.79 Å². The number of rotatable bonds is 4. The molecule has 8 heteroatoms. The maximum Gasteiger partial charge on any atom is 0.293 e. The molecule has 27 heavy (non-hydrogen) atoms. The predicted molar refractivity (Wildman–Crippen MR) is 115 cm³/mol. The average molecular weight is 476 g/mol. The summed E-state index contributed by atoms with van der Waals surface area (Å²) in [6, 6.07) is 12.4. The topological polar surface area (TPSA) is 79.0 Å². The van der Waals surface area contributed by atoms with Crippen molar-refractivity contribution >= 4 is 57.3 Å². The molecule has 0 radical (unpaired) electrons. The van der Waals surface area contributed by atoms with Crippen LogP contribution in [0.4, 0.5) is 17.1 Å². The molecular formula is C19H17IN4O3. The second-order valence-corrected chi connectivity index (χ2v) is 7.48. The Morgan fingerprint density at radius 2 is 1.85 bits per heavy atom. The summed E-state index contributed by atoms with van der Waals surface area (Å²) >= 11 is 2.19. The van der Waals surface area contributed by atoms with Gasteiger partial charge in [-0.1, -0.05) is 6.07 Å². The van der Waals surface area contributed by atoms with Gasteiger partial charge in [0, 0.05) is 23.7 Å². The third-order valence-corrected chi connectivity index (χ3v) is 4.84. The number of hydrazone groups is 1. The molecule has 1 aliphatic rings. The van der Waals surface area contributed by atoms with Crippen molar-refractivity contribution in [1.82, 2.24) is 0 Å². The highest BCUT2D eigenvalue weighted by atomic mass is 127. The van der Waals surface area contributed by atoms with E-state index in [1.54, 1.807) is 44.1 Å². The summed E-state index contributed by atoms with van der Waals surface area (Å²) in [4.78, 5) is 25.4. The number of carbonyl (C=O) groups excluding carboxylic acids is 1. The van der Waals surface area contributed by atoms with Crippen LogP contribution < -0.4 is 9.91 Å². The molecule has 0 unspecified atom stereocenters. The molecule has 0 spiro atoms. The number of halogens is 1. The van der Waals surface area contributed by atoms with Gasteiger partial charge in [0.15, 0.2) is 0 Å². The third kappa shape index (κ3) is 3.85. The number of nitro groups is 1. The molecule has 0 N–H and O–H groups in total. The number of hydrogen-bond donors (Lipinski definition) is 0. The van der Waals surface area contributed by atoms with Crippen LogP contribution in [-0.4, -0.2) is 30.6 Å². The van der Waals surface area contributed by atoms with E-state index in [2.05, 4.69) is 27.7 Å². The standard InChI is InChI=1S/C19H17IN4O3/c1-12-16(19(25)23(21-12)15-7-5-14(20)6-8-15)10-13-4-9-17(22(2)3)18(11-13)24(26)27/h4-11H,1-3H3/b16-10+. The van der Waals surface area contributed by atoms with Gasteiger partial charge in [-0.3, -0.25) is 14.9 Å². The largest absolute Gasteiger partial charge is 0.372 e. The van der Waals surface area contributed by atoms with Crippen LogP contribution in [0.1, 0.15) is 12.5 Å². The van der Waals surface area contributed by atoms with Gasteiger partial charge >= 0.3 is 0 Å². The highest BCUT2D eigenvalue weighted by Crippen LogP contribution is 2.30. The SMILES string of the molecule is CC1=NN(c2ccc(I)cc2)C(=O)/C1=C/c1ccc(N(C)C)c([N+](=O)[O-])c1. The molecule has 0 bridgehead atoms. The first-order valence-electron chi connectivity index (χ1n) is 8.11. The number of anilines is 2. The number of amides is 1. The smallest absolute Gasteiger partial charge is 0.293 e. The van der Waals surface area contributed by atoms with Crippen molar-refractivity contribution in [2.45, 2.75) is 6.92 Å². The van der Waals surface area contributed by atoms with E-state index in [9.17, 15) is 14.9 Å². The Morgan fingerprint density at radius 3 is 2.44 bits per heavy atom. The zero-order chi connectivity index (χ0) is 19.7. The maximum absolute atomic E-state index is 12.8. The zero-order valence-electron chi connectivity index (χ0n) is 15.0. The Labute approximate surface area is 170 Å². The number of carbonyl (C=O) groups is 1. The fourth-order valence-corrected chi connectivity index (χ4v) is 3.12. The van der Waals surface area contributed by atoms with Gasteiger partial charge in [-0.2, -0.15) is 10.1 Å². The van der Waals surface area contributed by atoms with Crippen molar-refractivity contribution in [3.8, 4) is 0 Å². The summed E-state index contributed by atoms with van der Waals surface area (Å²) < 4.78 is 1.06. The molecule has 0 fully saturated rings. The van der Waals surface area contributed by atoms with Gasteiger partial charge in [0.2, 0.25) is 0 Å². The van der Waals surface area contributed by atoms with E-state index in [-0.39, 0.29) is 11.6 Å². The van der Waals surface area contributed by atoms with Crippen molar-refractivity contribution in [2.24, 2.45) is 5.10 Å². The molecule has 0 atom stereocenters. The van der Waals surface area contributed by atoms with Crippen molar-refractivity contribution in [1.29, 1.82) is 0 Å². The van der Waals surface area contributed by atoms with E-state index in [4.69, 9.17) is 0 Å². The van der Waals surface area contributed by atoms with Crippen LogP contribution in [0.2, 0.25) is 0 Å². The minimum Gasteiger partial charge on any atom is -0.372 e. The van der Waals surface area contributed by atoms with Gasteiger partial charge in [0.1, 0.15) is 5.69 Å². The summed E-state index contributed by atoms with van der Waals surface area (Å²) in [5.74, 6) is -0.256. The molecule has 2 aromatic rings. The summed E-state index contributed by atoms with van der Waals surface area (Å²) in [5, 5.41) is 17.1. The van der Waals surface area contributed by atoms with Crippen LogP contribution >= 0.6 is 22.6 Å². The van der Waals surface area contributed by atoms with Gasteiger partial charge in [-0.05, 0) is 71.5 Å². The summed E-state index contributed by atoms with van der Waals surface area (Å²) in [6.07, 6.45) is 1.64. The van der Waals surface area contributed by atoms with Gasteiger partial charge in [0.05, 0.1) is 21.9 Å². The molecule has 1 aliphatic heterocycles. The lowest BCUT2D eigenvalue weighted by Gasteiger charge is -2.13. The lowest BCUT2D eigenvalue weighted by Crippen LogP contribution is -2.21. The van der Waals surface area contributed by atoms with E-state index in [1.165, 1.54) is 11.1 Å². The molecule has 0 saturated carbocycles. The predicted octanol–water partition coefficient (Wildman–Crippen LogP) is 4.07. The van der Waals surface area contributed by atoms with Crippen molar-refractivity contribution in [2.75, 3.05) is 24.0 Å². The average Bonchev–Trinajstić information content (AvgIpc) is 2.90. The third-order valence-electron chi connectivity index (χ3n) is 4.12. The highest BCUT2D eigenvalue weighted by molar-refractivity contribution is 14.1. The molecular weight excluding hydrogens is 459 g/mol. The molecule has 0 aliphatic carbocycles. The molecule has 1 amide bonds. The Morgan fingerprint density at radius 1 is 1.19 bits per heavy atom. The Kier molecular flexibility index (Phi) is 5.26. The summed E-state index contributed by atoms with van der Waals surface area (Å²) in [6.45, 7) is 1.75. The first-order valence-corrected chi connectivity index (χ1v) is 9.19. The van der Waals surface area contributed by atoms with E-state index in [0.717, 1.165) is 3.57 Å². The van der Waals surface area contributed by atoms with E-state index in [1.807, 2.05) is 24.3 Å². The number of benzene rings is 2. The molecule has 0 aromatic heterocycles. The fourth-order valence-electron chi connectivity index (χ4n) is 2.76. The van der Waals surface area contributed by atoms with Crippen LogP contribution in [0.5, 0.6) is 0 Å². The summed E-state index contributed by atoms with van der Waals surface area (Å²) in [7, 11) is 3.49. The maximum atomic E-state index is 12.8. The molecule has 0 saturated heterocycles. The number of nitrogens with zero attached hydrogens (tertiary/aromatic N) is 4. The second kappa shape index (κ2) is 7.47. The van der Waals surface area contributed by atoms with Crippen molar-refractivity contribution < 1.29 is 9.72 Å². The molecule has 3 rings (SSSR count). The number of hydrogen-bond acceptors (Lipinski definition) is 5. The van der Waals surface area contributed by atoms with E-state index in [0.29, 0.717) is 28.2 Å². The molecule has 7 nitrogen and oxygen atoms in total. The lowest BCUT2D eigenvalue weighted by molar-refractivity contribution is -0.384. The van der Waals surface area contributed by atoms with Crippen molar-refractivity contribution in [3.63, 3.8) is 0 Å². The van der Waals surface area contributed by atoms with Crippen LogP contribution in [0.25, 0.3) is 6.08 Å². The second-order valence-electron chi connectivity index (χ2n) is 6.24. The monoisotopic (exact) mass is 476 g/mol. The zero-order valence-corrected chi connectivity index (χ0v) is 17.2. The Hall–Kier alpha value is -2.75. The highest BCUT2D eigenvalue weighted by Gasteiger charge is 2.29. The van der Waals surface area contributed by atoms with Crippen molar-refractivity contribution in [3.05, 3.63) is 67.3 Å². The molecule has 2 aromatic carbocycles. The van der Waals surface area contributed by atoms with Crippen LogP contribution in [0.15, 0.2) is 53.1 Å². The van der Waals surface area contributed by atoms with E-state index >= 15 is 0 Å². The fraction of sp³-hybridized carbons (Fsp3) is 0.158. The van der Waals surface area contributed by atoms with Gasteiger partial charge in [-0.15, -0.1) is 0 Å². The van der Waals surface area contributed by atoms with Gasteiger partial charge in [-0.25, -0.2) is 0 Å². The number of nitro benzene ring substituents is 1. The van der Waals surface area contributed by atoms with Gasteiger partial charge < -0.3 is 4.90 Å². The van der Waals surface area contributed by atoms with Crippen LogP contribution in [0.3, 0.4) is 0 Å². The lowest BCUT2D eigenvalue weighted by atomic mass is 10.1. The molecule has 1 heterocycles. The van der Waals surface area contributed by atoms with E-state index < -0.39 is 4.92 Å². The minimum absolute atomic E-state index is 0.0103. The minimum atomic E-state index is -0.424. The quantitative estimate of drug-likeness (QED) is 0.289. The summed E-state index contributed by atoms with van der Waals surface area (Å²) in [5.41, 5.74) is 2.74. The first-order chi connectivity index (χ1) is 12.8. The normalized spacial score (nSPS) is 15.3. The first kappa shape index (κ1) is 19.0.